The van der Waals surface area contributed by atoms with Gasteiger partial charge in [0.2, 0.25) is 0 Å². The minimum atomic E-state index is -3.96. The number of nitrogens with zero attached hydrogens (tertiary/aromatic N) is 3. The Morgan fingerprint density at radius 2 is 0.646 bits per heavy atom. The molecule has 1 aromatic carbocycles. The molecule has 0 aromatic heterocycles. The van der Waals surface area contributed by atoms with Crippen LogP contribution in [-0.4, -0.2) is 88.3 Å². The second-order valence-corrected chi connectivity index (χ2v) is 19.6. The normalized spacial score (nSPS) is 14.9. The molecule has 0 saturated carbocycles. The van der Waals surface area contributed by atoms with Crippen LogP contribution in [0.2, 0.25) is 0 Å². The minimum Gasteiger partial charge on any atom is -0.623 e. The zero-order valence-corrected chi connectivity index (χ0v) is 33.0. The van der Waals surface area contributed by atoms with Gasteiger partial charge in [0.1, 0.15) is 0 Å². The molecule has 15 nitrogen and oxygen atoms in total. The van der Waals surface area contributed by atoms with Crippen LogP contribution >= 0.6 is 22.8 Å². The van der Waals surface area contributed by atoms with Crippen LogP contribution in [0.25, 0.3) is 0 Å². The number of rotatable bonds is 21. The Hall–Kier alpha value is -1.92. The van der Waals surface area contributed by atoms with Gasteiger partial charge < -0.3 is 42.8 Å². The molecule has 0 N–H and O–H groups in total. The van der Waals surface area contributed by atoms with Crippen LogP contribution in [0, 0.1) is 15.6 Å². The van der Waals surface area contributed by atoms with Gasteiger partial charge in [0.05, 0.1) is 39.6 Å². The van der Waals surface area contributed by atoms with Crippen molar-refractivity contribution in [2.45, 2.75) is 98.9 Å². The maximum Gasteiger partial charge on any atom is 0.401 e. The molecule has 0 saturated heterocycles. The van der Waals surface area contributed by atoms with Crippen LogP contribution in [0.5, 0.6) is 0 Å². The molecule has 0 bridgehead atoms. The molecule has 18 heteroatoms. The SMILES string of the molecule is CCOP(=O)(OCC)C(C)(C)/[N+]([O-])=C/c1cc(/C=[N+](\[O-])C(C)(C)P(=O)(OCC)OCC)cc(/C=[N+](\[O-])C(C)(C)P(=O)(OCC)OCC)c1. The first-order valence-corrected chi connectivity index (χ1v) is 20.5. The molecule has 0 heterocycles. The Balaban J connectivity index is 4.07. The van der Waals surface area contributed by atoms with Crippen molar-refractivity contribution >= 4 is 41.4 Å². The predicted octanol–water partition coefficient (Wildman–Crippen LogP) is 7.48. The third-order valence-electron chi connectivity index (χ3n) is 7.22. The summed E-state index contributed by atoms with van der Waals surface area (Å²) in [7, 11) is -11.9. The highest BCUT2D eigenvalue weighted by molar-refractivity contribution is 7.55. The summed E-state index contributed by atoms with van der Waals surface area (Å²) in [6.07, 6.45) is 3.36. The first-order chi connectivity index (χ1) is 22.1. The van der Waals surface area contributed by atoms with E-state index in [1.54, 1.807) is 41.5 Å². The lowest BCUT2D eigenvalue weighted by molar-refractivity contribution is -0.510. The molecule has 0 unspecified atom stereocenters. The average Bonchev–Trinajstić information content (AvgIpc) is 2.97. The van der Waals surface area contributed by atoms with E-state index in [0.29, 0.717) is 14.2 Å². The highest BCUT2D eigenvalue weighted by atomic mass is 31.2. The van der Waals surface area contributed by atoms with Gasteiger partial charge in [0.15, 0.2) is 18.6 Å². The predicted molar refractivity (Wildman–Crippen MR) is 188 cm³/mol. The lowest BCUT2D eigenvalue weighted by atomic mass is 10.1. The van der Waals surface area contributed by atoms with E-state index in [1.165, 1.54) is 59.7 Å². The fourth-order valence-electron chi connectivity index (χ4n) is 4.25. The van der Waals surface area contributed by atoms with E-state index in [2.05, 4.69) is 0 Å². The molecular formula is C30H54N3O12P3. The van der Waals surface area contributed by atoms with Gasteiger partial charge in [-0.1, -0.05) is 0 Å². The summed E-state index contributed by atoms with van der Waals surface area (Å²) in [5, 5.41) is 35.7. The number of hydrogen-bond acceptors (Lipinski definition) is 12. The quantitative estimate of drug-likeness (QED) is 0.0398. The van der Waals surface area contributed by atoms with Gasteiger partial charge in [-0.15, -0.1) is 0 Å². The first kappa shape index (κ1) is 44.1. The fourth-order valence-corrected chi connectivity index (χ4v) is 9.30. The lowest BCUT2D eigenvalue weighted by Gasteiger charge is -2.31. The smallest absolute Gasteiger partial charge is 0.401 e. The van der Waals surface area contributed by atoms with E-state index in [9.17, 15) is 29.3 Å². The molecule has 0 fully saturated rings. The Morgan fingerprint density at radius 3 is 0.792 bits per heavy atom. The highest BCUT2D eigenvalue weighted by Gasteiger charge is 2.53. The van der Waals surface area contributed by atoms with Crippen molar-refractivity contribution in [3.63, 3.8) is 0 Å². The van der Waals surface area contributed by atoms with Crippen molar-refractivity contribution in [3.8, 4) is 0 Å². The molecule has 0 radical (unpaired) electrons. The highest BCUT2D eigenvalue weighted by Crippen LogP contribution is 2.61. The van der Waals surface area contributed by atoms with E-state index in [0.717, 1.165) is 18.6 Å². The van der Waals surface area contributed by atoms with E-state index < -0.39 is 38.6 Å². The first-order valence-electron chi connectivity index (χ1n) is 15.9. The summed E-state index contributed by atoms with van der Waals surface area (Å²) in [5.74, 6) is 0. The van der Waals surface area contributed by atoms with E-state index in [4.69, 9.17) is 27.1 Å². The monoisotopic (exact) mass is 741 g/mol. The standard InChI is InChI=1S/C30H54N3O12P3/c1-13-40-46(37,41-14-2)28(7,8)31(34)22-25-19-26(23-32(35)29(9,10)47(38,42-15-3)43-16-4)21-27(20-25)24-33(36)30(11,12)48(39,44-17-5)45-18-6/h19-24H,13-18H2,1-12H3/b31-22-,32-23-,33-24-. The van der Waals surface area contributed by atoms with Crippen molar-refractivity contribution < 1.29 is 55.1 Å². The fraction of sp³-hybridized carbons (Fsp3) is 0.700. The van der Waals surface area contributed by atoms with Crippen LogP contribution in [0.15, 0.2) is 18.2 Å². The lowest BCUT2D eigenvalue weighted by Crippen LogP contribution is -2.36. The van der Waals surface area contributed by atoms with Crippen molar-refractivity contribution in [3.05, 3.63) is 50.5 Å². The van der Waals surface area contributed by atoms with E-state index in [-0.39, 0.29) is 56.3 Å². The zero-order chi connectivity index (χ0) is 37.2. The molecule has 48 heavy (non-hydrogen) atoms. The summed E-state index contributed by atoms with van der Waals surface area (Å²) < 4.78 is 74.6. The molecule has 0 aliphatic heterocycles. The van der Waals surface area contributed by atoms with Gasteiger partial charge in [-0.2, -0.15) is 14.2 Å². The molecule has 1 aromatic rings. The molecule has 0 spiro atoms. The molecule has 276 valence electrons. The maximum absolute atomic E-state index is 13.6. The van der Waals surface area contributed by atoms with Gasteiger partial charge in [-0.05, 0) is 59.7 Å². The largest absolute Gasteiger partial charge is 0.623 e. The summed E-state index contributed by atoms with van der Waals surface area (Å²) in [6, 6.07) is 4.39. The van der Waals surface area contributed by atoms with Crippen molar-refractivity contribution in [2.24, 2.45) is 0 Å². The third kappa shape index (κ3) is 9.86. The van der Waals surface area contributed by atoms with Gasteiger partial charge in [-0.3, -0.25) is 13.7 Å². The molecule has 0 atom stereocenters. The third-order valence-corrected chi connectivity index (χ3v) is 15.4. The van der Waals surface area contributed by atoms with Crippen molar-refractivity contribution in [2.75, 3.05) is 39.6 Å². The van der Waals surface area contributed by atoms with Crippen LogP contribution in [0.4, 0.5) is 0 Å². The summed E-state index contributed by atoms with van der Waals surface area (Å²) in [4.78, 5) is 0. The minimum absolute atomic E-state index is 0.0308. The molecule has 0 aliphatic rings. The maximum atomic E-state index is 13.6. The average molecular weight is 742 g/mol. The van der Waals surface area contributed by atoms with E-state index >= 15 is 0 Å². The molecule has 1 rings (SSSR count). The Kier molecular flexibility index (Phi) is 16.4. The second kappa shape index (κ2) is 17.8. The molecule has 0 amide bonds. The molecule has 0 aliphatic carbocycles. The van der Waals surface area contributed by atoms with Crippen LogP contribution in [0.1, 0.15) is 99.8 Å². The van der Waals surface area contributed by atoms with Gasteiger partial charge >= 0.3 is 22.8 Å². The van der Waals surface area contributed by atoms with Gasteiger partial charge in [0, 0.05) is 58.2 Å². The van der Waals surface area contributed by atoms with Gasteiger partial charge in [0.25, 0.3) is 15.8 Å². The van der Waals surface area contributed by atoms with Crippen LogP contribution in [0.3, 0.4) is 0 Å². The summed E-state index contributed by atoms with van der Waals surface area (Å²) in [6.45, 7) is 18.4. The van der Waals surface area contributed by atoms with E-state index in [1.807, 2.05) is 0 Å². The van der Waals surface area contributed by atoms with Crippen molar-refractivity contribution in [1.82, 2.24) is 0 Å². The molecular weight excluding hydrogens is 687 g/mol. The number of benzene rings is 1. The summed E-state index contributed by atoms with van der Waals surface area (Å²) >= 11 is 0. The van der Waals surface area contributed by atoms with Crippen LogP contribution < -0.4 is 0 Å². The number of hydroxylamine groups is 3. The van der Waals surface area contributed by atoms with Crippen LogP contribution in [-0.2, 0) is 40.8 Å². The topological polar surface area (TPSA) is 185 Å². The zero-order valence-electron chi connectivity index (χ0n) is 30.3. The second-order valence-electron chi connectivity index (χ2n) is 11.8. The Bertz CT molecular complexity index is 1260. The Morgan fingerprint density at radius 1 is 0.479 bits per heavy atom. The number of hydrogen-bond donors (Lipinski definition) is 0. The van der Waals surface area contributed by atoms with Gasteiger partial charge in [-0.25, -0.2) is 0 Å². The Labute approximate surface area is 285 Å². The summed E-state index contributed by atoms with van der Waals surface area (Å²) in [5.41, 5.74) is 0.557. The van der Waals surface area contributed by atoms with Crippen molar-refractivity contribution in [1.29, 1.82) is 0 Å².